The van der Waals surface area contributed by atoms with E-state index in [1.807, 2.05) is 42.6 Å². The Morgan fingerprint density at radius 2 is 2.00 bits per heavy atom. The van der Waals surface area contributed by atoms with Crippen LogP contribution in [0.2, 0.25) is 0 Å². The summed E-state index contributed by atoms with van der Waals surface area (Å²) in [6.45, 7) is 0. The van der Waals surface area contributed by atoms with E-state index in [9.17, 15) is 0 Å². The highest BCUT2D eigenvalue weighted by Gasteiger charge is 1.98. The minimum absolute atomic E-state index is 1.05. The third kappa shape index (κ3) is 1.29. The summed E-state index contributed by atoms with van der Waals surface area (Å²) in [5.41, 5.74) is 1.05. The van der Waals surface area contributed by atoms with E-state index in [2.05, 4.69) is 11.0 Å². The lowest BCUT2D eigenvalue weighted by molar-refractivity contribution is 1.08. The molecule has 0 amide bonds. The second-order valence-electron chi connectivity index (χ2n) is 2.42. The quantitative estimate of drug-likeness (QED) is 0.608. The zero-order valence-electron chi connectivity index (χ0n) is 6.51. The SMILES string of the molecule is C1=CC=CN(c2ccccc2)N=1. The molecule has 0 aromatic heterocycles. The molecule has 0 aliphatic carbocycles. The number of anilines is 1. The van der Waals surface area contributed by atoms with Crippen LogP contribution in [0.15, 0.2) is 53.8 Å². The Hall–Kier alpha value is -1.79. The Labute approximate surface area is 71.1 Å². The molecular weight excluding hydrogens is 148 g/mol. The van der Waals surface area contributed by atoms with E-state index < -0.39 is 0 Å². The monoisotopic (exact) mass is 156 g/mol. The lowest BCUT2D eigenvalue weighted by atomic mass is 10.3. The molecule has 0 bridgehead atoms. The van der Waals surface area contributed by atoms with Gasteiger partial charge in [0.15, 0.2) is 0 Å². The highest BCUT2D eigenvalue weighted by Crippen LogP contribution is 2.14. The van der Waals surface area contributed by atoms with Crippen LogP contribution in [0.25, 0.3) is 0 Å². The van der Waals surface area contributed by atoms with Crippen molar-refractivity contribution < 1.29 is 0 Å². The molecule has 1 aliphatic rings. The fourth-order valence-corrected chi connectivity index (χ4v) is 1.02. The van der Waals surface area contributed by atoms with Crippen LogP contribution in [0.5, 0.6) is 0 Å². The molecule has 0 spiro atoms. The van der Waals surface area contributed by atoms with E-state index in [0.717, 1.165) is 5.69 Å². The zero-order valence-corrected chi connectivity index (χ0v) is 6.51. The molecule has 0 fully saturated rings. The van der Waals surface area contributed by atoms with Gasteiger partial charge in [-0.15, -0.1) is 5.10 Å². The third-order valence-electron chi connectivity index (χ3n) is 1.58. The Kier molecular flexibility index (Phi) is 1.77. The Morgan fingerprint density at radius 3 is 2.67 bits per heavy atom. The minimum atomic E-state index is 1.05. The van der Waals surface area contributed by atoms with Crippen molar-refractivity contribution in [1.82, 2.24) is 0 Å². The second-order valence-corrected chi connectivity index (χ2v) is 2.42. The Morgan fingerprint density at radius 1 is 1.17 bits per heavy atom. The molecule has 1 aromatic rings. The predicted octanol–water partition coefficient (Wildman–Crippen LogP) is 2.16. The fourth-order valence-electron chi connectivity index (χ4n) is 1.02. The zero-order chi connectivity index (χ0) is 8.23. The summed E-state index contributed by atoms with van der Waals surface area (Å²) in [6, 6.07) is 9.95. The van der Waals surface area contributed by atoms with E-state index in [4.69, 9.17) is 0 Å². The third-order valence-corrected chi connectivity index (χ3v) is 1.58. The molecule has 58 valence electrons. The molecular formula is C10H8N2. The smallest absolute Gasteiger partial charge is 0.0652 e. The molecule has 0 N–H and O–H groups in total. The molecule has 1 heterocycles. The number of hydrogen-bond acceptors (Lipinski definition) is 2. The summed E-state index contributed by atoms with van der Waals surface area (Å²) in [4.78, 5) is 0. The Bertz CT molecular complexity index is 345. The molecule has 12 heavy (non-hydrogen) atoms. The van der Waals surface area contributed by atoms with Crippen molar-refractivity contribution >= 4 is 11.6 Å². The van der Waals surface area contributed by atoms with E-state index >= 15 is 0 Å². The first kappa shape index (κ1) is 6.89. The van der Waals surface area contributed by atoms with Crippen molar-refractivity contribution in [3.8, 4) is 0 Å². The van der Waals surface area contributed by atoms with Gasteiger partial charge in [0.05, 0.1) is 5.69 Å². The number of hydrogen-bond donors (Lipinski definition) is 0. The fraction of sp³-hybridized carbons (Fsp3) is 0. The van der Waals surface area contributed by atoms with Crippen molar-refractivity contribution in [3.63, 3.8) is 0 Å². The minimum Gasteiger partial charge on any atom is -0.233 e. The molecule has 0 unspecified atom stereocenters. The first-order chi connectivity index (χ1) is 5.97. The van der Waals surface area contributed by atoms with Gasteiger partial charge < -0.3 is 0 Å². The lowest BCUT2D eigenvalue weighted by Crippen LogP contribution is -2.07. The van der Waals surface area contributed by atoms with Gasteiger partial charge in [0.1, 0.15) is 0 Å². The number of hydrazone groups is 1. The number of allylic oxidation sites excluding steroid dienone is 2. The maximum Gasteiger partial charge on any atom is 0.0652 e. The summed E-state index contributed by atoms with van der Waals surface area (Å²) in [5, 5.41) is 5.82. The van der Waals surface area contributed by atoms with E-state index in [0.29, 0.717) is 0 Å². The van der Waals surface area contributed by atoms with Gasteiger partial charge in [-0.2, -0.15) is 0 Å². The summed E-state index contributed by atoms with van der Waals surface area (Å²) in [6.07, 6.45) is 5.57. The van der Waals surface area contributed by atoms with E-state index in [1.54, 1.807) is 11.1 Å². The van der Waals surface area contributed by atoms with Crippen LogP contribution in [-0.2, 0) is 0 Å². The number of para-hydroxylation sites is 1. The first-order valence-corrected chi connectivity index (χ1v) is 3.77. The lowest BCUT2D eigenvalue weighted by Gasteiger charge is -2.12. The van der Waals surface area contributed by atoms with Gasteiger partial charge in [-0.3, -0.25) is 0 Å². The van der Waals surface area contributed by atoms with Gasteiger partial charge in [-0.05, 0) is 18.2 Å². The van der Waals surface area contributed by atoms with Crippen LogP contribution in [0, 0.1) is 0 Å². The molecule has 0 saturated carbocycles. The van der Waals surface area contributed by atoms with Crippen molar-refractivity contribution in [3.05, 3.63) is 48.7 Å². The van der Waals surface area contributed by atoms with Gasteiger partial charge in [0, 0.05) is 18.1 Å². The number of rotatable bonds is 1. The van der Waals surface area contributed by atoms with Crippen molar-refractivity contribution in [1.29, 1.82) is 0 Å². The van der Waals surface area contributed by atoms with E-state index in [-0.39, 0.29) is 0 Å². The average Bonchev–Trinajstić information content (AvgIpc) is 2.21. The van der Waals surface area contributed by atoms with Crippen molar-refractivity contribution in [2.45, 2.75) is 0 Å². The summed E-state index contributed by atoms with van der Waals surface area (Å²) in [7, 11) is 0. The molecule has 1 aliphatic heterocycles. The summed E-state index contributed by atoms with van der Waals surface area (Å²) >= 11 is 0. The van der Waals surface area contributed by atoms with Crippen LogP contribution in [0.4, 0.5) is 5.69 Å². The molecule has 2 rings (SSSR count). The number of benzene rings is 1. The topological polar surface area (TPSA) is 15.6 Å². The van der Waals surface area contributed by atoms with Crippen LogP contribution < -0.4 is 5.01 Å². The molecule has 2 heteroatoms. The molecule has 0 atom stereocenters. The molecule has 0 saturated heterocycles. The Balaban J connectivity index is 2.33. The predicted molar refractivity (Wildman–Crippen MR) is 50.1 cm³/mol. The highest BCUT2D eigenvalue weighted by molar-refractivity contribution is 5.62. The summed E-state index contributed by atoms with van der Waals surface area (Å²) in [5.74, 6) is 2.77. The van der Waals surface area contributed by atoms with Gasteiger partial charge in [-0.25, -0.2) is 5.01 Å². The highest BCUT2D eigenvalue weighted by atomic mass is 15.4. The number of nitrogens with zero attached hydrogens (tertiary/aromatic N) is 2. The van der Waals surface area contributed by atoms with Gasteiger partial charge in [0.25, 0.3) is 0 Å². The van der Waals surface area contributed by atoms with Gasteiger partial charge in [-0.1, -0.05) is 18.2 Å². The second kappa shape index (κ2) is 3.07. The normalized spacial score (nSPS) is 13.8. The molecule has 0 radical (unpaired) electrons. The molecule has 2 nitrogen and oxygen atoms in total. The van der Waals surface area contributed by atoms with Crippen molar-refractivity contribution in [2.24, 2.45) is 5.10 Å². The van der Waals surface area contributed by atoms with Crippen molar-refractivity contribution in [2.75, 3.05) is 5.01 Å². The van der Waals surface area contributed by atoms with Crippen LogP contribution >= 0.6 is 0 Å². The van der Waals surface area contributed by atoms with Gasteiger partial charge in [0.2, 0.25) is 0 Å². The first-order valence-electron chi connectivity index (χ1n) is 3.77. The van der Waals surface area contributed by atoms with Crippen LogP contribution in [0.1, 0.15) is 0 Å². The summed E-state index contributed by atoms with van der Waals surface area (Å²) < 4.78 is 0. The largest absolute Gasteiger partial charge is 0.233 e. The maximum absolute atomic E-state index is 4.04. The average molecular weight is 156 g/mol. The van der Waals surface area contributed by atoms with E-state index in [1.165, 1.54) is 0 Å². The molecule has 1 aromatic carbocycles. The van der Waals surface area contributed by atoms with Crippen LogP contribution in [-0.4, -0.2) is 5.87 Å². The standard InChI is InChI=1S/C10H8N2/c1-2-6-10(7-3-1)12-9-5-4-8-11-12/h1-7,9H. The maximum atomic E-state index is 4.04. The van der Waals surface area contributed by atoms with Crippen LogP contribution in [0.3, 0.4) is 0 Å². The van der Waals surface area contributed by atoms with Gasteiger partial charge >= 0.3 is 0 Å².